The molecule has 0 aliphatic carbocycles. The van der Waals surface area contributed by atoms with Crippen molar-refractivity contribution < 1.29 is 9.26 Å². The Bertz CT molecular complexity index is 508. The molecular formula is C15H20N2O2. The molecule has 0 saturated heterocycles. The molecule has 1 aromatic carbocycles. The van der Waals surface area contributed by atoms with Crippen molar-refractivity contribution in [2.75, 3.05) is 13.2 Å². The van der Waals surface area contributed by atoms with Crippen molar-refractivity contribution >= 4 is 0 Å². The number of nitrogens with zero attached hydrogens (tertiary/aromatic N) is 1. The largest absolute Gasteiger partial charge is 0.493 e. The molecular weight excluding hydrogens is 240 g/mol. The van der Waals surface area contributed by atoms with Gasteiger partial charge >= 0.3 is 0 Å². The third-order valence-corrected chi connectivity index (χ3v) is 2.74. The molecule has 4 heteroatoms. The number of hydrogen-bond acceptors (Lipinski definition) is 4. The Morgan fingerprint density at radius 1 is 1.26 bits per heavy atom. The third kappa shape index (κ3) is 3.58. The molecule has 1 heterocycles. The van der Waals surface area contributed by atoms with Crippen LogP contribution in [0.4, 0.5) is 0 Å². The minimum Gasteiger partial charge on any atom is -0.493 e. The minimum atomic E-state index is 0.635. The van der Waals surface area contributed by atoms with Crippen LogP contribution in [-0.4, -0.2) is 18.3 Å². The average Bonchev–Trinajstić information content (AvgIpc) is 2.89. The van der Waals surface area contributed by atoms with E-state index in [2.05, 4.69) is 17.4 Å². The zero-order valence-electron chi connectivity index (χ0n) is 11.5. The van der Waals surface area contributed by atoms with E-state index in [0.29, 0.717) is 6.61 Å². The van der Waals surface area contributed by atoms with Gasteiger partial charge in [0.05, 0.1) is 17.9 Å². The summed E-state index contributed by atoms with van der Waals surface area (Å²) >= 11 is 0. The molecule has 4 nitrogen and oxygen atoms in total. The van der Waals surface area contributed by atoms with Crippen molar-refractivity contribution in [1.82, 2.24) is 10.5 Å². The summed E-state index contributed by atoms with van der Waals surface area (Å²) in [7, 11) is 0. The van der Waals surface area contributed by atoms with Crippen LogP contribution in [-0.2, 0) is 6.54 Å². The van der Waals surface area contributed by atoms with E-state index >= 15 is 0 Å². The lowest BCUT2D eigenvalue weighted by Crippen LogP contribution is -2.13. The Labute approximate surface area is 113 Å². The van der Waals surface area contributed by atoms with Crippen LogP contribution in [0.15, 0.2) is 34.9 Å². The predicted molar refractivity (Wildman–Crippen MR) is 75.1 cm³/mol. The molecule has 0 saturated carbocycles. The van der Waals surface area contributed by atoms with Crippen molar-refractivity contribution in [3.63, 3.8) is 0 Å². The van der Waals surface area contributed by atoms with Gasteiger partial charge in [-0.3, -0.25) is 0 Å². The van der Waals surface area contributed by atoms with Crippen LogP contribution in [0.5, 0.6) is 5.75 Å². The maximum Gasteiger partial charge on any atom is 0.170 e. The summed E-state index contributed by atoms with van der Waals surface area (Å²) in [6.07, 6.45) is 1.11. The van der Waals surface area contributed by atoms with Gasteiger partial charge in [0, 0.05) is 12.6 Å². The van der Waals surface area contributed by atoms with E-state index in [1.807, 2.05) is 37.3 Å². The van der Waals surface area contributed by atoms with Crippen LogP contribution in [0.3, 0.4) is 0 Å². The Hall–Kier alpha value is -1.81. The minimum absolute atomic E-state index is 0.635. The second kappa shape index (κ2) is 6.95. The standard InChI is InChI=1S/C15H20N2O2/c1-3-9-16-11-12-10-15(19-17-12)13-7-5-6-8-14(13)18-4-2/h5-8,10,16H,3-4,9,11H2,1-2H3. The first kappa shape index (κ1) is 13.6. The molecule has 2 rings (SSSR count). The van der Waals surface area contributed by atoms with E-state index < -0.39 is 0 Å². The normalized spacial score (nSPS) is 10.6. The van der Waals surface area contributed by atoms with Crippen LogP contribution < -0.4 is 10.1 Å². The van der Waals surface area contributed by atoms with Crippen molar-refractivity contribution in [2.45, 2.75) is 26.8 Å². The number of ether oxygens (including phenoxy) is 1. The van der Waals surface area contributed by atoms with E-state index in [4.69, 9.17) is 9.26 Å². The SMILES string of the molecule is CCCNCc1cc(-c2ccccc2OCC)on1. The lowest BCUT2D eigenvalue weighted by molar-refractivity contribution is 0.339. The number of rotatable bonds is 7. The highest BCUT2D eigenvalue weighted by Gasteiger charge is 2.11. The second-order valence-electron chi connectivity index (χ2n) is 4.29. The highest BCUT2D eigenvalue weighted by molar-refractivity contribution is 5.65. The zero-order valence-corrected chi connectivity index (χ0v) is 11.5. The summed E-state index contributed by atoms with van der Waals surface area (Å²) in [6, 6.07) is 9.80. The van der Waals surface area contributed by atoms with E-state index in [9.17, 15) is 0 Å². The number of nitrogens with one attached hydrogen (secondary N) is 1. The quantitative estimate of drug-likeness (QED) is 0.776. The fourth-order valence-corrected chi connectivity index (χ4v) is 1.87. The topological polar surface area (TPSA) is 47.3 Å². The molecule has 0 fully saturated rings. The van der Waals surface area contributed by atoms with Gasteiger partial charge in [0.2, 0.25) is 0 Å². The van der Waals surface area contributed by atoms with Crippen LogP contribution in [0, 0.1) is 0 Å². The van der Waals surface area contributed by atoms with Crippen LogP contribution in [0.1, 0.15) is 26.0 Å². The molecule has 1 aromatic heterocycles. The molecule has 0 bridgehead atoms. The van der Waals surface area contributed by atoms with Gasteiger partial charge in [-0.25, -0.2) is 0 Å². The molecule has 0 radical (unpaired) electrons. The molecule has 2 aromatic rings. The summed E-state index contributed by atoms with van der Waals surface area (Å²) in [5.41, 5.74) is 1.85. The fraction of sp³-hybridized carbons (Fsp3) is 0.400. The Balaban J connectivity index is 2.13. The molecule has 0 aliphatic heterocycles. The highest BCUT2D eigenvalue weighted by Crippen LogP contribution is 2.30. The van der Waals surface area contributed by atoms with Crippen molar-refractivity contribution in [1.29, 1.82) is 0 Å². The number of aromatic nitrogens is 1. The second-order valence-corrected chi connectivity index (χ2v) is 4.29. The maximum absolute atomic E-state index is 5.60. The molecule has 0 aliphatic rings. The van der Waals surface area contributed by atoms with Gasteiger partial charge in [-0.1, -0.05) is 24.2 Å². The summed E-state index contributed by atoms with van der Waals surface area (Å²) in [5, 5.41) is 7.37. The molecule has 0 atom stereocenters. The summed E-state index contributed by atoms with van der Waals surface area (Å²) in [5.74, 6) is 1.58. The van der Waals surface area contributed by atoms with Crippen molar-refractivity contribution in [2.24, 2.45) is 0 Å². The van der Waals surface area contributed by atoms with Crippen molar-refractivity contribution in [3.05, 3.63) is 36.0 Å². The number of hydrogen-bond donors (Lipinski definition) is 1. The van der Waals surface area contributed by atoms with Gasteiger partial charge in [-0.05, 0) is 32.0 Å². The summed E-state index contributed by atoms with van der Waals surface area (Å²) < 4.78 is 11.0. The summed E-state index contributed by atoms with van der Waals surface area (Å²) in [4.78, 5) is 0. The third-order valence-electron chi connectivity index (χ3n) is 2.74. The van der Waals surface area contributed by atoms with Gasteiger partial charge in [0.1, 0.15) is 5.75 Å². The Morgan fingerprint density at radius 2 is 2.11 bits per heavy atom. The molecule has 19 heavy (non-hydrogen) atoms. The van der Waals surface area contributed by atoms with Gasteiger partial charge in [0.25, 0.3) is 0 Å². The van der Waals surface area contributed by atoms with E-state index in [1.165, 1.54) is 0 Å². The first-order valence-electron chi connectivity index (χ1n) is 6.73. The van der Waals surface area contributed by atoms with Crippen molar-refractivity contribution in [3.8, 4) is 17.1 Å². The van der Waals surface area contributed by atoms with Gasteiger partial charge < -0.3 is 14.6 Å². The van der Waals surface area contributed by atoms with Gasteiger partial charge in [0.15, 0.2) is 5.76 Å². The lowest BCUT2D eigenvalue weighted by Gasteiger charge is -2.06. The van der Waals surface area contributed by atoms with Crippen LogP contribution in [0.25, 0.3) is 11.3 Å². The predicted octanol–water partition coefficient (Wildman–Crippen LogP) is 3.24. The maximum atomic E-state index is 5.60. The molecule has 0 amide bonds. The lowest BCUT2D eigenvalue weighted by atomic mass is 10.1. The molecule has 102 valence electrons. The zero-order chi connectivity index (χ0) is 13.5. The highest BCUT2D eigenvalue weighted by atomic mass is 16.5. The van der Waals surface area contributed by atoms with E-state index in [1.54, 1.807) is 0 Å². The smallest absolute Gasteiger partial charge is 0.170 e. The Morgan fingerprint density at radius 3 is 2.89 bits per heavy atom. The Kier molecular flexibility index (Phi) is 4.98. The average molecular weight is 260 g/mol. The number of benzene rings is 1. The first-order valence-corrected chi connectivity index (χ1v) is 6.73. The summed E-state index contributed by atoms with van der Waals surface area (Å²) in [6.45, 7) is 6.46. The van der Waals surface area contributed by atoms with Gasteiger partial charge in [-0.15, -0.1) is 0 Å². The molecule has 0 spiro atoms. The molecule has 0 unspecified atom stereocenters. The van der Waals surface area contributed by atoms with Gasteiger partial charge in [-0.2, -0.15) is 0 Å². The van der Waals surface area contributed by atoms with E-state index in [-0.39, 0.29) is 0 Å². The van der Waals surface area contributed by atoms with Crippen LogP contribution >= 0.6 is 0 Å². The molecule has 1 N–H and O–H groups in total. The monoisotopic (exact) mass is 260 g/mol. The van der Waals surface area contributed by atoms with E-state index in [0.717, 1.165) is 42.3 Å². The number of para-hydroxylation sites is 1. The first-order chi connectivity index (χ1) is 9.35. The fourth-order valence-electron chi connectivity index (χ4n) is 1.87. The van der Waals surface area contributed by atoms with Crippen LogP contribution in [0.2, 0.25) is 0 Å².